The van der Waals surface area contributed by atoms with E-state index in [4.69, 9.17) is 14.2 Å². The van der Waals surface area contributed by atoms with Gasteiger partial charge in [0.25, 0.3) is 0 Å². The fourth-order valence-corrected chi connectivity index (χ4v) is 5.85. The summed E-state index contributed by atoms with van der Waals surface area (Å²) in [6.07, 6.45) is 32.9. The highest BCUT2D eigenvalue weighted by Gasteiger charge is 2.24. The maximum Gasteiger partial charge on any atom is 0.0591 e. The molecule has 6 nitrogen and oxygen atoms in total. The molecule has 564 valence electrons. The molecule has 0 spiro atoms. The summed E-state index contributed by atoms with van der Waals surface area (Å²) in [5, 5.41) is 9.73. The van der Waals surface area contributed by atoms with Crippen molar-refractivity contribution in [2.75, 3.05) is 78.9 Å². The molecule has 0 aromatic rings. The standard InChI is InChI=1S/C6H12.2C5H11N.C5H10O.2C5H10.C4H9NO.C4H8O.7C4H10.8C2H6/c1-5(2)6-3-4-6;3*1-2-4-6-5-3-1;2*1-2-4-5-3-1;1-3-6-4-2-5-1;1-2-4-5-3-1;7*1-4(2)3;8*1-2/h5-6H,3-4H2,1-2H3;2*6H,1-5H2;1-5H2;2*1-5H2;5H,1-4H2;1-4H2;7*4H,1-3H3;8*1-2H3. The summed E-state index contributed by atoms with van der Waals surface area (Å²) in [5.41, 5.74) is 0. The SMILES string of the molecule is C1CCCC1.C1CCCC1.C1CCNCC1.C1CCNCC1.C1CCOC1.C1CCOCC1.C1COCCN1.CC.CC.CC.CC.CC.CC.CC.CC.CC(C)C.CC(C)C.CC(C)C.CC(C)C.CC(C)C.CC(C)C.CC(C)C.CC(C)C1CC1. The first-order valence-electron chi connectivity index (χ1n) is 40.3. The Morgan fingerprint density at radius 3 is 0.382 bits per heavy atom. The summed E-state index contributed by atoms with van der Waals surface area (Å²) in [6, 6.07) is 0. The number of hydrogen-bond acceptors (Lipinski definition) is 6. The van der Waals surface area contributed by atoms with E-state index < -0.39 is 0 Å². The van der Waals surface area contributed by atoms with Gasteiger partial charge in [-0.2, -0.15) is 0 Å². The van der Waals surface area contributed by atoms with Crippen molar-refractivity contribution >= 4 is 0 Å². The van der Waals surface area contributed by atoms with Gasteiger partial charge in [0.1, 0.15) is 0 Å². The second-order valence-corrected chi connectivity index (χ2v) is 26.2. The average molecular weight is 1290 g/mol. The summed E-state index contributed by atoms with van der Waals surface area (Å²) in [6.45, 7) is 94.9. The van der Waals surface area contributed by atoms with Gasteiger partial charge in [0, 0.05) is 39.5 Å². The minimum atomic E-state index is 0.833. The first-order chi connectivity index (χ1) is 42.4. The van der Waals surface area contributed by atoms with Crippen LogP contribution >= 0.6 is 0 Å². The zero-order chi connectivity index (χ0) is 73.2. The molecular formula is C83H199N3O3. The topological polar surface area (TPSA) is 63.8 Å². The van der Waals surface area contributed by atoms with Crippen LogP contribution in [0.3, 0.4) is 0 Å². The summed E-state index contributed by atoms with van der Waals surface area (Å²) >= 11 is 0. The predicted molar refractivity (Wildman–Crippen MR) is 430 cm³/mol. The molecule has 5 heterocycles. The number of piperidine rings is 2. The maximum absolute atomic E-state index is 5.07. The van der Waals surface area contributed by atoms with Crippen molar-refractivity contribution in [2.45, 2.75) is 418 Å². The Hall–Kier alpha value is -0.240. The molecule has 0 atom stereocenters. The first-order valence-corrected chi connectivity index (χ1v) is 40.3. The maximum atomic E-state index is 5.07. The van der Waals surface area contributed by atoms with Crippen molar-refractivity contribution in [3.05, 3.63) is 0 Å². The summed E-state index contributed by atoms with van der Waals surface area (Å²) < 4.78 is 15.0. The van der Waals surface area contributed by atoms with E-state index in [1.54, 1.807) is 0 Å². The van der Waals surface area contributed by atoms with Crippen LogP contribution in [0.4, 0.5) is 0 Å². The largest absolute Gasteiger partial charge is 0.381 e. The lowest BCUT2D eigenvalue weighted by molar-refractivity contribution is 0.0968. The Morgan fingerprint density at radius 2 is 0.326 bits per heavy atom. The highest BCUT2D eigenvalue weighted by Crippen LogP contribution is 2.35. The lowest BCUT2D eigenvalue weighted by Crippen LogP contribution is -2.30. The van der Waals surface area contributed by atoms with Gasteiger partial charge in [-0.05, 0) is 150 Å². The Kier molecular flexibility index (Phi) is 203. The van der Waals surface area contributed by atoms with Gasteiger partial charge >= 0.3 is 0 Å². The highest BCUT2D eigenvalue weighted by molar-refractivity contribution is 4.75. The van der Waals surface area contributed by atoms with E-state index in [1.807, 2.05) is 111 Å². The van der Waals surface area contributed by atoms with Gasteiger partial charge in [0.2, 0.25) is 0 Å². The molecule has 8 fully saturated rings. The molecule has 5 aliphatic heterocycles. The smallest absolute Gasteiger partial charge is 0.0591 e. The van der Waals surface area contributed by atoms with Crippen LogP contribution in [0.25, 0.3) is 0 Å². The Bertz CT molecular complexity index is 599. The monoisotopic (exact) mass is 1290 g/mol. The van der Waals surface area contributed by atoms with E-state index in [0.717, 1.165) is 106 Å². The number of ether oxygens (including phenoxy) is 3. The van der Waals surface area contributed by atoms with E-state index in [-0.39, 0.29) is 0 Å². The van der Waals surface area contributed by atoms with E-state index in [1.165, 1.54) is 174 Å². The molecular weight excluding hydrogens is 1090 g/mol. The van der Waals surface area contributed by atoms with Gasteiger partial charge in [0.05, 0.1) is 13.2 Å². The first kappa shape index (κ1) is 126. The molecule has 0 radical (unpaired) electrons. The number of rotatable bonds is 1. The zero-order valence-electron chi connectivity index (χ0n) is 71.7. The highest BCUT2D eigenvalue weighted by atomic mass is 16.5. The molecule has 3 aliphatic carbocycles. The van der Waals surface area contributed by atoms with Gasteiger partial charge in [-0.15, -0.1) is 0 Å². The third-order valence-electron chi connectivity index (χ3n) is 9.23. The summed E-state index contributed by atoms with van der Waals surface area (Å²) in [4.78, 5) is 0. The summed E-state index contributed by atoms with van der Waals surface area (Å²) in [5.74, 6) is 7.90. The van der Waals surface area contributed by atoms with Gasteiger partial charge in [0.15, 0.2) is 0 Å². The predicted octanol–water partition coefficient (Wildman–Crippen LogP) is 28.9. The van der Waals surface area contributed by atoms with Crippen molar-refractivity contribution in [3.63, 3.8) is 0 Å². The second kappa shape index (κ2) is 144. The fourth-order valence-electron chi connectivity index (χ4n) is 5.85. The van der Waals surface area contributed by atoms with Crippen molar-refractivity contribution in [1.82, 2.24) is 16.0 Å². The minimum absolute atomic E-state index is 0.833. The van der Waals surface area contributed by atoms with Crippen LogP contribution in [0.2, 0.25) is 0 Å². The van der Waals surface area contributed by atoms with Crippen LogP contribution in [0.15, 0.2) is 0 Å². The molecule has 5 saturated heterocycles. The third-order valence-corrected chi connectivity index (χ3v) is 9.23. The van der Waals surface area contributed by atoms with Crippen LogP contribution < -0.4 is 16.0 Å². The van der Waals surface area contributed by atoms with Crippen LogP contribution in [-0.2, 0) is 14.2 Å². The summed E-state index contributed by atoms with van der Waals surface area (Å²) in [7, 11) is 0. The molecule has 6 heteroatoms. The zero-order valence-corrected chi connectivity index (χ0v) is 71.7. The Labute approximate surface area is 577 Å². The molecule has 8 rings (SSSR count). The van der Waals surface area contributed by atoms with Crippen LogP contribution in [0, 0.1) is 53.3 Å². The molecule has 8 aliphatic rings. The van der Waals surface area contributed by atoms with Gasteiger partial charge in [-0.1, -0.05) is 347 Å². The Balaban J connectivity index is -0.0000000500. The van der Waals surface area contributed by atoms with Gasteiger partial charge in [-0.25, -0.2) is 0 Å². The fraction of sp³-hybridized carbons (Fsp3) is 1.00. The van der Waals surface area contributed by atoms with Crippen LogP contribution in [0.1, 0.15) is 418 Å². The van der Waals surface area contributed by atoms with E-state index in [0.29, 0.717) is 0 Å². The minimum Gasteiger partial charge on any atom is -0.381 e. The quantitative estimate of drug-likeness (QED) is 0.243. The third kappa shape index (κ3) is 308. The molecule has 89 heavy (non-hydrogen) atoms. The molecule has 0 aromatic carbocycles. The number of hydrogen-bond donors (Lipinski definition) is 3. The van der Waals surface area contributed by atoms with Crippen molar-refractivity contribution < 1.29 is 14.2 Å². The van der Waals surface area contributed by atoms with Gasteiger partial charge in [-0.3, -0.25) is 0 Å². The van der Waals surface area contributed by atoms with Crippen molar-refractivity contribution in [3.8, 4) is 0 Å². The van der Waals surface area contributed by atoms with Crippen molar-refractivity contribution in [2.24, 2.45) is 53.3 Å². The van der Waals surface area contributed by atoms with E-state index in [2.05, 4.69) is 175 Å². The van der Waals surface area contributed by atoms with Crippen LogP contribution in [0.5, 0.6) is 0 Å². The lowest BCUT2D eigenvalue weighted by atomic mass is 10.1. The van der Waals surface area contributed by atoms with Crippen molar-refractivity contribution in [1.29, 1.82) is 0 Å². The second-order valence-electron chi connectivity index (χ2n) is 26.2. The van der Waals surface area contributed by atoms with Gasteiger partial charge < -0.3 is 30.2 Å². The molecule has 0 unspecified atom stereocenters. The molecule has 0 bridgehead atoms. The molecule has 0 amide bonds. The number of morpholine rings is 1. The normalized spacial score (nSPS) is 15.4. The Morgan fingerprint density at radius 1 is 0.191 bits per heavy atom. The number of nitrogens with one attached hydrogen (secondary N) is 3. The molecule has 3 saturated carbocycles. The molecule has 3 N–H and O–H groups in total. The van der Waals surface area contributed by atoms with E-state index in [9.17, 15) is 0 Å². The van der Waals surface area contributed by atoms with E-state index >= 15 is 0 Å². The molecule has 0 aromatic heterocycles. The average Bonchev–Trinajstić information content (AvgIpc) is 4.23. The lowest BCUT2D eigenvalue weighted by Gasteiger charge is -2.10. The van der Waals surface area contributed by atoms with Crippen LogP contribution in [-0.4, -0.2) is 78.9 Å².